The number of nitrogens with zero attached hydrogens (tertiary/aromatic N) is 1. The van der Waals surface area contributed by atoms with Gasteiger partial charge in [0.2, 0.25) is 0 Å². The quantitative estimate of drug-likeness (QED) is 0.405. The number of aryl methyl sites for hydroxylation is 1. The van der Waals surface area contributed by atoms with Crippen LogP contribution in [-0.2, 0) is 12.2 Å². The number of nitrogens with two attached hydrogens (primary N) is 1. The van der Waals surface area contributed by atoms with Crippen molar-refractivity contribution in [2.45, 2.75) is 32.1 Å². The van der Waals surface area contributed by atoms with Gasteiger partial charge in [-0.3, -0.25) is 4.99 Å². The number of amidine groups is 1. The van der Waals surface area contributed by atoms with Crippen LogP contribution in [0.1, 0.15) is 36.6 Å². The number of aliphatic imine (C=N–C) groups is 1. The van der Waals surface area contributed by atoms with E-state index >= 15 is 0 Å². The molecule has 0 aliphatic rings. The Morgan fingerprint density at radius 3 is 2.69 bits per heavy atom. The fourth-order valence-electron chi connectivity index (χ4n) is 2.80. The number of fused-ring (bicyclic) bond motifs is 1. The van der Waals surface area contributed by atoms with Crippen LogP contribution in [0, 0.1) is 0 Å². The zero-order valence-corrected chi connectivity index (χ0v) is 15.8. The predicted molar refractivity (Wildman–Crippen MR) is 110 cm³/mol. The lowest BCUT2D eigenvalue weighted by Crippen LogP contribution is -2.09. The molecule has 2 N–H and O–H groups in total. The monoisotopic (exact) mass is 366 g/mol. The van der Waals surface area contributed by atoms with Crippen molar-refractivity contribution < 1.29 is 4.42 Å². The lowest BCUT2D eigenvalue weighted by molar-refractivity contribution is 0.559. The van der Waals surface area contributed by atoms with Gasteiger partial charge in [-0.1, -0.05) is 61.2 Å². The number of thioether (sulfide) groups is 1. The molecule has 26 heavy (non-hydrogen) atoms. The molecule has 3 rings (SSSR count). The summed E-state index contributed by atoms with van der Waals surface area (Å²) >= 11 is 1.43. The molecule has 3 aromatic rings. The van der Waals surface area contributed by atoms with E-state index in [1.165, 1.54) is 17.8 Å². The van der Waals surface area contributed by atoms with Gasteiger partial charge in [0.15, 0.2) is 5.17 Å². The maximum Gasteiger partial charge on any atom is 0.336 e. The summed E-state index contributed by atoms with van der Waals surface area (Å²) in [5, 5.41) is 1.45. The summed E-state index contributed by atoms with van der Waals surface area (Å²) in [5.74, 6) is 0.574. The average molecular weight is 366 g/mol. The second-order valence-electron chi connectivity index (χ2n) is 6.12. The second-order valence-corrected chi connectivity index (χ2v) is 7.11. The fourth-order valence-corrected chi connectivity index (χ4v) is 3.57. The van der Waals surface area contributed by atoms with Crippen molar-refractivity contribution >= 4 is 27.9 Å². The van der Waals surface area contributed by atoms with Gasteiger partial charge in [-0.15, -0.1) is 0 Å². The number of benzene rings is 2. The second kappa shape index (κ2) is 8.23. The molecular formula is C21H22N2O2S. The number of rotatable bonds is 5. The van der Waals surface area contributed by atoms with Gasteiger partial charge in [0.1, 0.15) is 5.58 Å². The highest BCUT2D eigenvalue weighted by molar-refractivity contribution is 8.13. The van der Waals surface area contributed by atoms with Gasteiger partial charge in [0.05, 0.1) is 6.04 Å². The van der Waals surface area contributed by atoms with Crippen LogP contribution in [0.25, 0.3) is 11.0 Å². The van der Waals surface area contributed by atoms with E-state index in [1.54, 1.807) is 0 Å². The van der Waals surface area contributed by atoms with Crippen LogP contribution in [-0.4, -0.2) is 5.17 Å². The van der Waals surface area contributed by atoms with E-state index in [-0.39, 0.29) is 11.7 Å². The molecule has 0 aliphatic carbocycles. The van der Waals surface area contributed by atoms with Crippen LogP contribution in [0.15, 0.2) is 68.8 Å². The highest BCUT2D eigenvalue weighted by Crippen LogP contribution is 2.24. The summed E-state index contributed by atoms with van der Waals surface area (Å²) < 4.78 is 5.35. The summed E-state index contributed by atoms with van der Waals surface area (Å²) in [6, 6.07) is 17.6. The van der Waals surface area contributed by atoms with E-state index < -0.39 is 0 Å². The van der Waals surface area contributed by atoms with Crippen LogP contribution in [0.3, 0.4) is 0 Å². The Morgan fingerprint density at radius 2 is 1.96 bits per heavy atom. The summed E-state index contributed by atoms with van der Waals surface area (Å²) in [6.07, 6.45) is 0.898. The van der Waals surface area contributed by atoms with E-state index in [0.717, 1.165) is 28.5 Å². The first-order valence-corrected chi connectivity index (χ1v) is 9.62. The molecule has 5 heteroatoms. The Kier molecular flexibility index (Phi) is 5.78. The Labute approximate surface area is 157 Å². The zero-order valence-electron chi connectivity index (χ0n) is 14.9. The van der Waals surface area contributed by atoms with Gasteiger partial charge >= 0.3 is 5.63 Å². The molecule has 2 aromatic carbocycles. The summed E-state index contributed by atoms with van der Waals surface area (Å²) in [5.41, 5.74) is 9.56. The van der Waals surface area contributed by atoms with Crippen molar-refractivity contribution in [3.63, 3.8) is 0 Å². The van der Waals surface area contributed by atoms with Gasteiger partial charge in [0.25, 0.3) is 0 Å². The summed E-state index contributed by atoms with van der Waals surface area (Å²) in [7, 11) is 0. The normalized spacial score (nSPS) is 13.1. The molecular weight excluding hydrogens is 344 g/mol. The van der Waals surface area contributed by atoms with Gasteiger partial charge in [-0.05, 0) is 36.1 Å². The molecule has 0 radical (unpaired) electrons. The molecule has 1 atom stereocenters. The SMILES string of the molecule is CCc1ccc2c(CSC(N)=N[C@@H](C)c3ccccc3)cc(=O)oc2c1. The lowest BCUT2D eigenvalue weighted by atomic mass is 10.1. The predicted octanol–water partition coefficient (Wildman–Crippen LogP) is 4.66. The van der Waals surface area contributed by atoms with Gasteiger partial charge < -0.3 is 10.2 Å². The molecule has 0 bridgehead atoms. The minimum absolute atomic E-state index is 0.00611. The van der Waals surface area contributed by atoms with Crippen LogP contribution in [0.5, 0.6) is 0 Å². The van der Waals surface area contributed by atoms with Crippen LogP contribution >= 0.6 is 11.8 Å². The highest BCUT2D eigenvalue weighted by Gasteiger charge is 2.09. The summed E-state index contributed by atoms with van der Waals surface area (Å²) in [4.78, 5) is 16.4. The van der Waals surface area contributed by atoms with Crippen molar-refractivity contribution in [3.8, 4) is 0 Å². The van der Waals surface area contributed by atoms with Crippen LogP contribution < -0.4 is 11.4 Å². The van der Waals surface area contributed by atoms with Crippen molar-refractivity contribution in [1.29, 1.82) is 0 Å². The fraction of sp³-hybridized carbons (Fsp3) is 0.238. The maximum absolute atomic E-state index is 11.9. The van der Waals surface area contributed by atoms with Gasteiger partial charge in [-0.25, -0.2) is 4.79 Å². The first-order chi connectivity index (χ1) is 12.6. The van der Waals surface area contributed by atoms with Crippen molar-refractivity contribution in [2.24, 2.45) is 10.7 Å². The van der Waals surface area contributed by atoms with E-state index in [4.69, 9.17) is 10.2 Å². The number of hydrogen-bond acceptors (Lipinski definition) is 4. The van der Waals surface area contributed by atoms with Crippen molar-refractivity contribution in [3.05, 3.63) is 81.7 Å². The van der Waals surface area contributed by atoms with Crippen LogP contribution in [0.2, 0.25) is 0 Å². The molecule has 0 fully saturated rings. The third-order valence-corrected chi connectivity index (χ3v) is 5.14. The molecule has 0 unspecified atom stereocenters. The minimum Gasteiger partial charge on any atom is -0.423 e. The standard InChI is InChI=1S/C21H22N2O2S/c1-3-15-9-10-18-17(12-20(24)25-19(18)11-15)13-26-21(22)23-14(2)16-7-5-4-6-8-16/h4-12,14H,3,13H2,1-2H3,(H2,22,23)/t14-/m0/s1. The van der Waals surface area contributed by atoms with Gasteiger partial charge in [-0.2, -0.15) is 0 Å². The Balaban J connectivity index is 1.79. The molecule has 0 amide bonds. The molecule has 0 saturated carbocycles. The van der Waals surface area contributed by atoms with E-state index in [2.05, 4.69) is 18.0 Å². The van der Waals surface area contributed by atoms with Gasteiger partial charge in [0, 0.05) is 17.2 Å². The van der Waals surface area contributed by atoms with Crippen molar-refractivity contribution in [2.75, 3.05) is 0 Å². The third kappa shape index (κ3) is 4.35. The summed E-state index contributed by atoms with van der Waals surface area (Å²) in [6.45, 7) is 4.09. The van der Waals surface area contributed by atoms with E-state index in [9.17, 15) is 4.79 Å². The van der Waals surface area contributed by atoms with E-state index in [1.807, 2.05) is 49.4 Å². The van der Waals surface area contributed by atoms with Crippen LogP contribution in [0.4, 0.5) is 0 Å². The Morgan fingerprint density at radius 1 is 1.19 bits per heavy atom. The molecule has 1 heterocycles. The molecule has 134 valence electrons. The first kappa shape index (κ1) is 18.3. The van der Waals surface area contributed by atoms with E-state index in [0.29, 0.717) is 16.5 Å². The third-order valence-electron chi connectivity index (χ3n) is 4.28. The smallest absolute Gasteiger partial charge is 0.336 e. The lowest BCUT2D eigenvalue weighted by Gasteiger charge is -2.09. The topological polar surface area (TPSA) is 68.6 Å². The maximum atomic E-state index is 11.9. The molecule has 0 spiro atoms. The molecule has 4 nitrogen and oxygen atoms in total. The zero-order chi connectivity index (χ0) is 18.5. The number of hydrogen-bond donors (Lipinski definition) is 1. The molecule has 0 aliphatic heterocycles. The highest BCUT2D eigenvalue weighted by atomic mass is 32.2. The largest absolute Gasteiger partial charge is 0.423 e. The minimum atomic E-state index is -0.338. The average Bonchev–Trinajstić information content (AvgIpc) is 2.66. The van der Waals surface area contributed by atoms with Crippen molar-refractivity contribution in [1.82, 2.24) is 0 Å². The molecule has 0 saturated heterocycles. The Hall–Kier alpha value is -2.53. The molecule has 1 aromatic heterocycles. The Bertz CT molecular complexity index is 980. The first-order valence-electron chi connectivity index (χ1n) is 8.63.